The third-order valence-corrected chi connectivity index (χ3v) is 5.73. The Labute approximate surface area is 173 Å². The summed E-state index contributed by atoms with van der Waals surface area (Å²) < 4.78 is 10.5. The lowest BCUT2D eigenvalue weighted by Gasteiger charge is -2.32. The summed E-state index contributed by atoms with van der Waals surface area (Å²) in [4.78, 5) is 18.9. The van der Waals surface area contributed by atoms with Crippen molar-refractivity contribution in [1.82, 2.24) is 15.2 Å². The fraction of sp³-hybridized carbons (Fsp3) is 0.565. The van der Waals surface area contributed by atoms with Crippen LogP contribution in [0.5, 0.6) is 5.75 Å². The van der Waals surface area contributed by atoms with Crippen LogP contribution in [0.2, 0.25) is 0 Å². The minimum Gasteiger partial charge on any atom is -0.494 e. The van der Waals surface area contributed by atoms with Gasteiger partial charge in [0.1, 0.15) is 11.3 Å². The van der Waals surface area contributed by atoms with Gasteiger partial charge in [0, 0.05) is 44.2 Å². The normalized spacial score (nSPS) is 19.4. The van der Waals surface area contributed by atoms with Gasteiger partial charge in [-0.25, -0.2) is 0 Å². The first kappa shape index (κ1) is 21.5. The zero-order valence-corrected chi connectivity index (χ0v) is 17.8. The number of carbonyl (C=O) groups excluding carboxylic acids is 1. The van der Waals surface area contributed by atoms with Crippen molar-refractivity contribution in [3.63, 3.8) is 0 Å². The first-order valence-electron chi connectivity index (χ1n) is 10.5. The van der Waals surface area contributed by atoms with E-state index in [1.807, 2.05) is 12.1 Å². The van der Waals surface area contributed by atoms with Crippen molar-refractivity contribution in [2.45, 2.75) is 44.7 Å². The number of carbonyl (C=O) groups is 1. The average molecular weight is 400 g/mol. The summed E-state index contributed by atoms with van der Waals surface area (Å²) in [6.07, 6.45) is 6.77. The number of benzene rings is 1. The molecule has 2 atom stereocenters. The van der Waals surface area contributed by atoms with E-state index in [0.717, 1.165) is 42.6 Å². The van der Waals surface area contributed by atoms with Gasteiger partial charge < -0.3 is 19.7 Å². The number of pyridine rings is 1. The van der Waals surface area contributed by atoms with E-state index >= 15 is 0 Å². The molecule has 0 aliphatic heterocycles. The summed E-state index contributed by atoms with van der Waals surface area (Å²) in [6.45, 7) is 2.38. The Morgan fingerprint density at radius 1 is 1.28 bits per heavy atom. The standard InChI is InChI=1S/C23H33N3O3/c1-26(15-17-6-4-7-19(14-17)25-22(27)11-13-28-2)16-18-9-10-21(29-3)23-20(18)8-5-12-24-23/h5,8-10,12,17,19H,4,6-7,11,13-16H2,1-3H3,(H,25,27)/t17-,19-/m1/s1. The number of hydrogen-bond acceptors (Lipinski definition) is 5. The predicted molar refractivity (Wildman–Crippen MR) is 115 cm³/mol. The second-order valence-electron chi connectivity index (χ2n) is 8.06. The van der Waals surface area contributed by atoms with E-state index in [1.165, 1.54) is 18.4 Å². The molecule has 6 nitrogen and oxygen atoms in total. The second-order valence-corrected chi connectivity index (χ2v) is 8.06. The van der Waals surface area contributed by atoms with Gasteiger partial charge in [-0.3, -0.25) is 9.78 Å². The number of aromatic nitrogens is 1. The van der Waals surface area contributed by atoms with Crippen LogP contribution >= 0.6 is 0 Å². The lowest BCUT2D eigenvalue weighted by Crippen LogP contribution is -2.40. The Bertz CT molecular complexity index is 811. The number of amides is 1. The first-order valence-corrected chi connectivity index (χ1v) is 10.5. The number of nitrogens with zero attached hydrogens (tertiary/aromatic N) is 2. The van der Waals surface area contributed by atoms with Crippen LogP contribution in [0.15, 0.2) is 30.5 Å². The molecule has 0 spiro atoms. The van der Waals surface area contributed by atoms with Gasteiger partial charge >= 0.3 is 0 Å². The van der Waals surface area contributed by atoms with Crippen LogP contribution in [0.3, 0.4) is 0 Å². The Morgan fingerprint density at radius 3 is 2.93 bits per heavy atom. The molecule has 0 radical (unpaired) electrons. The van der Waals surface area contributed by atoms with Crippen LogP contribution in [0.4, 0.5) is 0 Å². The molecule has 1 N–H and O–H groups in total. The Morgan fingerprint density at radius 2 is 2.14 bits per heavy atom. The van der Waals surface area contributed by atoms with Gasteiger partial charge in [0.25, 0.3) is 0 Å². The molecule has 1 heterocycles. The van der Waals surface area contributed by atoms with Crippen molar-refractivity contribution in [2.75, 3.05) is 34.4 Å². The number of rotatable bonds is 9. The summed E-state index contributed by atoms with van der Waals surface area (Å²) in [7, 11) is 5.48. The number of fused-ring (bicyclic) bond motifs is 1. The zero-order valence-electron chi connectivity index (χ0n) is 17.8. The lowest BCUT2D eigenvalue weighted by molar-refractivity contribution is -0.123. The van der Waals surface area contributed by atoms with Crippen LogP contribution < -0.4 is 10.1 Å². The molecular formula is C23H33N3O3. The average Bonchev–Trinajstić information content (AvgIpc) is 2.72. The maximum absolute atomic E-state index is 12.0. The fourth-order valence-corrected chi connectivity index (χ4v) is 4.39. The maximum atomic E-state index is 12.0. The molecule has 1 saturated carbocycles. The van der Waals surface area contributed by atoms with Crippen LogP contribution in [0, 0.1) is 5.92 Å². The van der Waals surface area contributed by atoms with Crippen molar-refractivity contribution in [3.05, 3.63) is 36.0 Å². The number of hydrogen-bond donors (Lipinski definition) is 1. The van der Waals surface area contributed by atoms with E-state index in [4.69, 9.17) is 9.47 Å². The van der Waals surface area contributed by atoms with Crippen LogP contribution in [-0.2, 0) is 16.1 Å². The third-order valence-electron chi connectivity index (χ3n) is 5.73. The third kappa shape index (κ3) is 5.90. The molecular weight excluding hydrogens is 366 g/mol. The second kappa shape index (κ2) is 10.6. The smallest absolute Gasteiger partial charge is 0.222 e. The summed E-state index contributed by atoms with van der Waals surface area (Å²) in [6, 6.07) is 8.52. The predicted octanol–water partition coefficient (Wildman–Crippen LogP) is 3.39. The van der Waals surface area contributed by atoms with Gasteiger partial charge in [0.2, 0.25) is 5.91 Å². The molecule has 1 aliphatic carbocycles. The molecule has 6 heteroatoms. The molecule has 1 amide bonds. The van der Waals surface area contributed by atoms with E-state index in [9.17, 15) is 4.79 Å². The van der Waals surface area contributed by atoms with Gasteiger partial charge in [0.05, 0.1) is 13.7 Å². The van der Waals surface area contributed by atoms with Gasteiger partial charge in [-0.2, -0.15) is 0 Å². The highest BCUT2D eigenvalue weighted by molar-refractivity contribution is 5.87. The minimum absolute atomic E-state index is 0.100. The first-order chi connectivity index (χ1) is 14.1. The van der Waals surface area contributed by atoms with Crippen molar-refractivity contribution < 1.29 is 14.3 Å². The number of ether oxygens (including phenoxy) is 2. The van der Waals surface area contributed by atoms with Crippen molar-refractivity contribution in [3.8, 4) is 5.75 Å². The van der Waals surface area contributed by atoms with Crippen molar-refractivity contribution in [1.29, 1.82) is 0 Å². The summed E-state index contributed by atoms with van der Waals surface area (Å²) in [5, 5.41) is 4.33. The Kier molecular flexibility index (Phi) is 7.83. The van der Waals surface area contributed by atoms with Gasteiger partial charge in [0.15, 0.2) is 0 Å². The van der Waals surface area contributed by atoms with E-state index in [2.05, 4.69) is 34.4 Å². The van der Waals surface area contributed by atoms with Crippen LogP contribution in [-0.4, -0.2) is 56.3 Å². The lowest BCUT2D eigenvalue weighted by atomic mass is 9.85. The molecule has 29 heavy (non-hydrogen) atoms. The molecule has 158 valence electrons. The van der Waals surface area contributed by atoms with E-state index in [1.54, 1.807) is 20.4 Å². The highest BCUT2D eigenvalue weighted by Crippen LogP contribution is 2.29. The quantitative estimate of drug-likeness (QED) is 0.700. The van der Waals surface area contributed by atoms with E-state index < -0.39 is 0 Å². The van der Waals surface area contributed by atoms with Crippen molar-refractivity contribution >= 4 is 16.8 Å². The van der Waals surface area contributed by atoms with Gasteiger partial charge in [-0.15, -0.1) is 0 Å². The summed E-state index contributed by atoms with van der Waals surface area (Å²) >= 11 is 0. The molecule has 1 aromatic heterocycles. The largest absolute Gasteiger partial charge is 0.494 e. The molecule has 1 aromatic carbocycles. The molecule has 3 rings (SSSR count). The van der Waals surface area contributed by atoms with Crippen molar-refractivity contribution in [2.24, 2.45) is 5.92 Å². The summed E-state index contributed by atoms with van der Waals surface area (Å²) in [5.74, 6) is 1.51. The SMILES string of the molecule is COCCC(=O)N[C@@H]1CCC[C@@H](CN(C)Cc2ccc(OC)c3ncccc23)C1. The van der Waals surface area contributed by atoms with Crippen LogP contribution in [0.25, 0.3) is 10.9 Å². The number of nitrogens with one attached hydrogen (secondary N) is 1. The minimum atomic E-state index is 0.100. The monoisotopic (exact) mass is 399 g/mol. The highest BCUT2D eigenvalue weighted by atomic mass is 16.5. The van der Waals surface area contributed by atoms with Crippen LogP contribution in [0.1, 0.15) is 37.7 Å². The zero-order chi connectivity index (χ0) is 20.6. The Balaban J connectivity index is 1.57. The molecule has 0 saturated heterocycles. The number of methoxy groups -OCH3 is 2. The molecule has 2 aromatic rings. The summed E-state index contributed by atoms with van der Waals surface area (Å²) in [5.41, 5.74) is 2.18. The van der Waals surface area contributed by atoms with E-state index in [-0.39, 0.29) is 11.9 Å². The molecule has 1 fully saturated rings. The molecule has 1 aliphatic rings. The van der Waals surface area contributed by atoms with Gasteiger partial charge in [-0.05, 0) is 49.9 Å². The van der Waals surface area contributed by atoms with Gasteiger partial charge in [-0.1, -0.05) is 18.6 Å². The topological polar surface area (TPSA) is 63.7 Å². The Hall–Kier alpha value is -2.18. The maximum Gasteiger partial charge on any atom is 0.222 e. The molecule has 0 bridgehead atoms. The highest BCUT2D eigenvalue weighted by Gasteiger charge is 2.24. The molecule has 0 unspecified atom stereocenters. The van der Waals surface area contributed by atoms with E-state index in [0.29, 0.717) is 18.9 Å². The fourth-order valence-electron chi connectivity index (χ4n) is 4.39.